The van der Waals surface area contributed by atoms with Crippen LogP contribution in [-0.2, 0) is 19.1 Å². The Kier molecular flexibility index (Phi) is 4.40. The second kappa shape index (κ2) is 6.17. The summed E-state index contributed by atoms with van der Waals surface area (Å²) < 4.78 is 84.0. The third kappa shape index (κ3) is 3.36. The fourth-order valence-corrected chi connectivity index (χ4v) is 3.68. The van der Waals surface area contributed by atoms with Crippen molar-refractivity contribution in [2.75, 3.05) is 0 Å². The molecule has 0 saturated heterocycles. The highest BCUT2D eigenvalue weighted by Gasteiger charge is 2.53. The van der Waals surface area contributed by atoms with Crippen LogP contribution >= 0.6 is 0 Å². The van der Waals surface area contributed by atoms with Crippen LogP contribution in [0.2, 0.25) is 0 Å². The minimum Gasteiger partial charge on any atom is -0.455 e. The van der Waals surface area contributed by atoms with Crippen molar-refractivity contribution in [3.8, 4) is 0 Å². The molecular weight excluding hydrogens is 370 g/mol. The fourth-order valence-electron chi connectivity index (χ4n) is 3.68. The molecule has 26 heavy (non-hydrogen) atoms. The van der Waals surface area contributed by atoms with Crippen molar-refractivity contribution >= 4 is 11.9 Å². The lowest BCUT2D eigenvalue weighted by molar-refractivity contribution is -0.217. The van der Waals surface area contributed by atoms with E-state index in [1.165, 1.54) is 6.07 Å². The van der Waals surface area contributed by atoms with Gasteiger partial charge >= 0.3 is 24.3 Å². The maximum absolute atomic E-state index is 12.5. The minimum absolute atomic E-state index is 0.0174. The van der Waals surface area contributed by atoms with Gasteiger partial charge in [0.25, 0.3) is 0 Å². The van der Waals surface area contributed by atoms with Crippen LogP contribution in [0, 0.1) is 0 Å². The van der Waals surface area contributed by atoms with Crippen molar-refractivity contribution in [2.45, 2.75) is 49.2 Å². The van der Waals surface area contributed by atoms with Crippen molar-refractivity contribution < 1.29 is 45.4 Å². The van der Waals surface area contributed by atoms with Crippen molar-refractivity contribution in [1.82, 2.24) is 0 Å². The van der Waals surface area contributed by atoms with Gasteiger partial charge in [0.2, 0.25) is 0 Å². The summed E-state index contributed by atoms with van der Waals surface area (Å²) in [6.45, 7) is 0. The molecule has 0 heterocycles. The van der Waals surface area contributed by atoms with Gasteiger partial charge in [-0.05, 0) is 29.9 Å². The van der Waals surface area contributed by atoms with Gasteiger partial charge in [-0.3, -0.25) is 0 Å². The van der Waals surface area contributed by atoms with Gasteiger partial charge in [0.05, 0.1) is 5.92 Å². The summed E-state index contributed by atoms with van der Waals surface area (Å²) in [5, 5.41) is 0. The van der Waals surface area contributed by atoms with Gasteiger partial charge in [0.1, 0.15) is 12.2 Å². The number of carbonyl (C=O) groups is 2. The van der Waals surface area contributed by atoms with Gasteiger partial charge in [-0.15, -0.1) is 0 Å². The summed E-state index contributed by atoms with van der Waals surface area (Å²) in [5.41, 5.74) is 1.17. The van der Waals surface area contributed by atoms with E-state index in [0.29, 0.717) is 5.56 Å². The van der Waals surface area contributed by atoms with Gasteiger partial charge in [0, 0.05) is 0 Å². The number of hydrogen-bond acceptors (Lipinski definition) is 4. The number of ether oxygens (including phenoxy) is 2. The summed E-state index contributed by atoms with van der Waals surface area (Å²) in [6, 6.07) is 6.47. The van der Waals surface area contributed by atoms with Gasteiger partial charge in [-0.25, -0.2) is 9.59 Å². The standard InChI is InChI=1S/C16H12F6O4/c17-15(18,19)13(23)25-10-5-7-6-11(26-14(24)16(20,21)22)12(10)9-4-2-1-3-8(7)9/h1-4,7,10-12H,5-6H2/t7?,10-,11+,12?. The van der Waals surface area contributed by atoms with Crippen molar-refractivity contribution in [3.63, 3.8) is 0 Å². The molecule has 0 N–H and O–H groups in total. The van der Waals surface area contributed by atoms with Crippen LogP contribution in [0.4, 0.5) is 26.3 Å². The molecule has 0 aliphatic heterocycles. The van der Waals surface area contributed by atoms with E-state index in [-0.39, 0.29) is 12.8 Å². The lowest BCUT2D eigenvalue weighted by atomic mass is 9.64. The first-order chi connectivity index (χ1) is 12.0. The molecule has 2 unspecified atom stereocenters. The number of halogens is 6. The highest BCUT2D eigenvalue weighted by Crippen LogP contribution is 2.52. The number of alkyl halides is 6. The van der Waals surface area contributed by atoms with Crippen LogP contribution in [0.25, 0.3) is 0 Å². The monoisotopic (exact) mass is 382 g/mol. The van der Waals surface area contributed by atoms with E-state index in [2.05, 4.69) is 9.47 Å². The van der Waals surface area contributed by atoms with Crippen molar-refractivity contribution in [1.29, 1.82) is 0 Å². The number of hydrogen-bond donors (Lipinski definition) is 0. The molecule has 0 amide bonds. The first-order valence-electron chi connectivity index (χ1n) is 7.63. The van der Waals surface area contributed by atoms with Gasteiger partial charge in [0.15, 0.2) is 0 Å². The molecule has 0 radical (unpaired) electrons. The highest BCUT2D eigenvalue weighted by atomic mass is 19.4. The Morgan fingerprint density at radius 3 is 1.65 bits per heavy atom. The molecule has 0 aromatic heterocycles. The molecule has 4 rings (SSSR count). The van der Waals surface area contributed by atoms with Crippen LogP contribution in [0.15, 0.2) is 24.3 Å². The second-order valence-corrected chi connectivity index (χ2v) is 6.21. The Hall–Kier alpha value is -2.26. The zero-order chi connectivity index (χ0) is 19.3. The van der Waals surface area contributed by atoms with Crippen LogP contribution in [0.1, 0.15) is 35.8 Å². The van der Waals surface area contributed by atoms with E-state index in [0.717, 1.165) is 5.56 Å². The first kappa shape index (κ1) is 18.5. The molecule has 3 aliphatic rings. The normalized spacial score (nSPS) is 27.6. The Morgan fingerprint density at radius 1 is 0.808 bits per heavy atom. The quantitative estimate of drug-likeness (QED) is 0.579. The second-order valence-electron chi connectivity index (χ2n) is 6.21. The fraction of sp³-hybridized carbons (Fsp3) is 0.500. The lowest BCUT2D eigenvalue weighted by Gasteiger charge is -2.47. The third-order valence-corrected chi connectivity index (χ3v) is 4.61. The molecule has 10 heteroatoms. The Bertz CT molecular complexity index is 688. The number of fused-ring (bicyclic) bond motifs is 2. The van der Waals surface area contributed by atoms with Crippen LogP contribution < -0.4 is 0 Å². The summed E-state index contributed by atoms with van der Waals surface area (Å²) in [5.74, 6) is -6.41. The van der Waals surface area contributed by atoms with Crippen LogP contribution in [0.3, 0.4) is 0 Å². The smallest absolute Gasteiger partial charge is 0.455 e. The first-order valence-corrected chi connectivity index (χ1v) is 7.63. The summed E-state index contributed by atoms with van der Waals surface area (Å²) in [7, 11) is 0. The van der Waals surface area contributed by atoms with E-state index in [1.54, 1.807) is 18.2 Å². The van der Waals surface area contributed by atoms with Crippen molar-refractivity contribution in [3.05, 3.63) is 35.4 Å². The molecule has 3 aliphatic carbocycles. The summed E-state index contributed by atoms with van der Waals surface area (Å²) in [4.78, 5) is 22.3. The molecule has 142 valence electrons. The summed E-state index contributed by atoms with van der Waals surface area (Å²) >= 11 is 0. The Labute approximate surface area is 143 Å². The zero-order valence-electron chi connectivity index (χ0n) is 12.9. The number of carbonyl (C=O) groups excluding carboxylic acids is 2. The number of benzene rings is 1. The van der Waals surface area contributed by atoms with Gasteiger partial charge in [-0.2, -0.15) is 26.3 Å². The molecule has 4 nitrogen and oxygen atoms in total. The molecule has 1 aromatic carbocycles. The molecule has 1 fully saturated rings. The number of esters is 2. The Morgan fingerprint density at radius 2 is 1.23 bits per heavy atom. The van der Waals surface area contributed by atoms with Gasteiger partial charge < -0.3 is 9.47 Å². The third-order valence-electron chi connectivity index (χ3n) is 4.61. The van der Waals surface area contributed by atoms with Crippen LogP contribution in [-0.4, -0.2) is 36.5 Å². The SMILES string of the molecule is O=C(O[C@H]1CC2C[C@@H](OC(=O)C(F)(F)F)C1c1ccccc12)C(F)(F)F. The molecule has 0 spiro atoms. The average molecular weight is 382 g/mol. The largest absolute Gasteiger partial charge is 0.490 e. The molecular formula is C16H12F6O4. The summed E-state index contributed by atoms with van der Waals surface area (Å²) in [6.07, 6.45) is -13.1. The lowest BCUT2D eigenvalue weighted by Crippen LogP contribution is -2.48. The van der Waals surface area contributed by atoms with Crippen LogP contribution in [0.5, 0.6) is 0 Å². The predicted octanol–water partition coefficient (Wildman–Crippen LogP) is 3.61. The topological polar surface area (TPSA) is 52.6 Å². The van der Waals surface area contributed by atoms with E-state index in [9.17, 15) is 35.9 Å². The van der Waals surface area contributed by atoms with E-state index in [4.69, 9.17) is 0 Å². The van der Waals surface area contributed by atoms with E-state index < -0.39 is 48.3 Å². The average Bonchev–Trinajstić information content (AvgIpc) is 2.53. The van der Waals surface area contributed by atoms with E-state index >= 15 is 0 Å². The maximum Gasteiger partial charge on any atom is 0.490 e. The Balaban J connectivity index is 1.90. The molecule has 4 atom stereocenters. The molecule has 1 saturated carbocycles. The zero-order valence-corrected chi connectivity index (χ0v) is 12.9. The minimum atomic E-state index is -5.23. The van der Waals surface area contributed by atoms with Crippen molar-refractivity contribution in [2.24, 2.45) is 0 Å². The maximum atomic E-state index is 12.5. The predicted molar refractivity (Wildman–Crippen MR) is 73.0 cm³/mol. The van der Waals surface area contributed by atoms with Gasteiger partial charge in [-0.1, -0.05) is 24.3 Å². The molecule has 2 bridgehead atoms. The molecule has 1 aromatic rings. The highest BCUT2D eigenvalue weighted by molar-refractivity contribution is 5.76. The van der Waals surface area contributed by atoms with E-state index in [1.807, 2.05) is 0 Å². The number of rotatable bonds is 2.